The summed E-state index contributed by atoms with van der Waals surface area (Å²) in [6.07, 6.45) is 5.08. The summed E-state index contributed by atoms with van der Waals surface area (Å²) < 4.78 is 5.85. The van der Waals surface area contributed by atoms with Gasteiger partial charge in [-0.1, -0.05) is 36.4 Å². The van der Waals surface area contributed by atoms with Crippen molar-refractivity contribution in [2.24, 2.45) is 0 Å². The van der Waals surface area contributed by atoms with Gasteiger partial charge < -0.3 is 10.1 Å². The molecule has 2 aromatic carbocycles. The molecule has 0 bridgehead atoms. The first-order valence-electron chi connectivity index (χ1n) is 7.91. The minimum absolute atomic E-state index is 0.714. The molecule has 0 unspecified atom stereocenters. The van der Waals surface area contributed by atoms with Gasteiger partial charge in [-0.3, -0.25) is 0 Å². The monoisotopic (exact) mass is 281 g/mol. The first-order chi connectivity index (χ1) is 10.4. The lowest BCUT2D eigenvalue weighted by atomic mass is 9.92. The molecule has 3 rings (SSSR count). The second-order valence-electron chi connectivity index (χ2n) is 5.65. The maximum atomic E-state index is 5.85. The highest BCUT2D eigenvalue weighted by Gasteiger charge is 2.09. The van der Waals surface area contributed by atoms with Crippen LogP contribution in [0.25, 0.3) is 0 Å². The van der Waals surface area contributed by atoms with Crippen molar-refractivity contribution in [1.29, 1.82) is 0 Å². The predicted octanol–water partition coefficient (Wildman–Crippen LogP) is 3.73. The molecule has 0 aliphatic heterocycles. The molecule has 0 amide bonds. The minimum Gasteiger partial charge on any atom is -0.492 e. The van der Waals surface area contributed by atoms with Crippen molar-refractivity contribution in [2.75, 3.05) is 13.2 Å². The Morgan fingerprint density at radius 2 is 1.71 bits per heavy atom. The average molecular weight is 281 g/mol. The van der Waals surface area contributed by atoms with Crippen molar-refractivity contribution in [3.05, 3.63) is 65.2 Å². The van der Waals surface area contributed by atoms with Gasteiger partial charge >= 0.3 is 0 Å². The molecule has 0 fully saturated rings. The number of hydrogen-bond acceptors (Lipinski definition) is 2. The largest absolute Gasteiger partial charge is 0.492 e. The van der Waals surface area contributed by atoms with Crippen LogP contribution in [0.2, 0.25) is 0 Å². The molecule has 1 aliphatic carbocycles. The molecule has 0 saturated heterocycles. The van der Waals surface area contributed by atoms with E-state index in [0.29, 0.717) is 6.61 Å². The van der Waals surface area contributed by atoms with Gasteiger partial charge in [-0.2, -0.15) is 0 Å². The number of fused-ring (bicyclic) bond motifs is 1. The Hall–Kier alpha value is -1.80. The van der Waals surface area contributed by atoms with Gasteiger partial charge in [0.2, 0.25) is 0 Å². The molecular formula is C19H23NO. The SMILES string of the molecule is c1ccc(CNCCOc2ccc3c(c2)CCCC3)cc1. The van der Waals surface area contributed by atoms with E-state index in [4.69, 9.17) is 4.74 Å². The summed E-state index contributed by atoms with van der Waals surface area (Å²) >= 11 is 0. The second-order valence-corrected chi connectivity index (χ2v) is 5.65. The first-order valence-corrected chi connectivity index (χ1v) is 7.91. The van der Waals surface area contributed by atoms with Crippen molar-refractivity contribution in [1.82, 2.24) is 5.32 Å². The third-order valence-corrected chi connectivity index (χ3v) is 4.04. The Kier molecular flexibility index (Phi) is 4.90. The van der Waals surface area contributed by atoms with Crippen LogP contribution in [-0.4, -0.2) is 13.2 Å². The van der Waals surface area contributed by atoms with E-state index in [1.54, 1.807) is 0 Å². The molecule has 0 aromatic heterocycles. The van der Waals surface area contributed by atoms with Crippen molar-refractivity contribution < 1.29 is 4.74 Å². The van der Waals surface area contributed by atoms with Crippen LogP contribution in [-0.2, 0) is 19.4 Å². The van der Waals surface area contributed by atoms with Gasteiger partial charge in [-0.15, -0.1) is 0 Å². The summed E-state index contributed by atoms with van der Waals surface area (Å²) in [4.78, 5) is 0. The Morgan fingerprint density at radius 3 is 2.57 bits per heavy atom. The van der Waals surface area contributed by atoms with E-state index in [-0.39, 0.29) is 0 Å². The smallest absolute Gasteiger partial charge is 0.119 e. The Morgan fingerprint density at radius 1 is 0.905 bits per heavy atom. The van der Waals surface area contributed by atoms with Crippen LogP contribution in [0.1, 0.15) is 29.5 Å². The van der Waals surface area contributed by atoms with Crippen LogP contribution in [0.5, 0.6) is 5.75 Å². The van der Waals surface area contributed by atoms with E-state index in [2.05, 4.69) is 47.8 Å². The molecular weight excluding hydrogens is 258 g/mol. The molecule has 0 saturated carbocycles. The molecule has 1 aliphatic rings. The molecule has 0 heterocycles. The molecule has 1 N–H and O–H groups in total. The van der Waals surface area contributed by atoms with Crippen molar-refractivity contribution in [3.63, 3.8) is 0 Å². The highest BCUT2D eigenvalue weighted by atomic mass is 16.5. The number of nitrogens with one attached hydrogen (secondary N) is 1. The van der Waals surface area contributed by atoms with Gasteiger partial charge in [0, 0.05) is 13.1 Å². The lowest BCUT2D eigenvalue weighted by Crippen LogP contribution is -2.20. The Balaban J connectivity index is 1.41. The van der Waals surface area contributed by atoms with Gasteiger partial charge in [0.1, 0.15) is 12.4 Å². The summed E-state index contributed by atoms with van der Waals surface area (Å²) in [5.41, 5.74) is 4.30. The number of rotatable bonds is 6. The van der Waals surface area contributed by atoms with E-state index in [1.807, 2.05) is 6.07 Å². The van der Waals surface area contributed by atoms with Gasteiger partial charge in [-0.25, -0.2) is 0 Å². The number of ether oxygens (including phenoxy) is 1. The van der Waals surface area contributed by atoms with Gasteiger partial charge in [0.05, 0.1) is 0 Å². The summed E-state index contributed by atoms with van der Waals surface area (Å²) in [6.45, 7) is 2.48. The third-order valence-electron chi connectivity index (χ3n) is 4.04. The van der Waals surface area contributed by atoms with Gasteiger partial charge in [-0.05, 0) is 54.5 Å². The topological polar surface area (TPSA) is 21.3 Å². The predicted molar refractivity (Wildman–Crippen MR) is 86.7 cm³/mol. The lowest BCUT2D eigenvalue weighted by Gasteiger charge is -2.17. The molecule has 0 spiro atoms. The van der Waals surface area contributed by atoms with Crippen molar-refractivity contribution in [2.45, 2.75) is 32.2 Å². The molecule has 21 heavy (non-hydrogen) atoms. The summed E-state index contributed by atoms with van der Waals surface area (Å²) in [6, 6.07) is 17.0. The van der Waals surface area contributed by atoms with Crippen LogP contribution >= 0.6 is 0 Å². The van der Waals surface area contributed by atoms with E-state index in [0.717, 1.165) is 18.8 Å². The highest BCUT2D eigenvalue weighted by molar-refractivity contribution is 5.37. The summed E-state index contributed by atoms with van der Waals surface area (Å²) in [5, 5.41) is 3.41. The maximum Gasteiger partial charge on any atom is 0.119 e. The molecule has 0 radical (unpaired) electrons. The standard InChI is InChI=1S/C19H23NO/c1-2-6-16(7-3-1)15-20-12-13-21-19-11-10-17-8-4-5-9-18(17)14-19/h1-3,6-7,10-11,14,20H,4-5,8-9,12-13,15H2. The average Bonchev–Trinajstić information content (AvgIpc) is 2.55. The minimum atomic E-state index is 0.714. The Labute approximate surface area is 127 Å². The fourth-order valence-corrected chi connectivity index (χ4v) is 2.87. The number of hydrogen-bond donors (Lipinski definition) is 1. The fraction of sp³-hybridized carbons (Fsp3) is 0.368. The zero-order chi connectivity index (χ0) is 14.3. The second kappa shape index (κ2) is 7.28. The van der Waals surface area contributed by atoms with Crippen molar-refractivity contribution in [3.8, 4) is 5.75 Å². The number of aryl methyl sites for hydroxylation is 2. The summed E-state index contributed by atoms with van der Waals surface area (Å²) in [5.74, 6) is 1.01. The third kappa shape index (κ3) is 4.08. The molecule has 110 valence electrons. The molecule has 2 nitrogen and oxygen atoms in total. The van der Waals surface area contributed by atoms with Crippen LogP contribution in [0.15, 0.2) is 48.5 Å². The van der Waals surface area contributed by atoms with Crippen LogP contribution in [0.3, 0.4) is 0 Å². The van der Waals surface area contributed by atoms with E-state index in [1.165, 1.54) is 42.4 Å². The van der Waals surface area contributed by atoms with Gasteiger partial charge in [0.15, 0.2) is 0 Å². The van der Waals surface area contributed by atoms with E-state index >= 15 is 0 Å². The van der Waals surface area contributed by atoms with Crippen LogP contribution in [0.4, 0.5) is 0 Å². The first kappa shape index (κ1) is 14.2. The lowest BCUT2D eigenvalue weighted by molar-refractivity contribution is 0.313. The van der Waals surface area contributed by atoms with Crippen molar-refractivity contribution >= 4 is 0 Å². The Bertz CT molecular complexity index is 565. The van der Waals surface area contributed by atoms with Crippen LogP contribution < -0.4 is 10.1 Å². The highest BCUT2D eigenvalue weighted by Crippen LogP contribution is 2.25. The molecule has 2 heteroatoms. The fourth-order valence-electron chi connectivity index (χ4n) is 2.87. The molecule has 2 aromatic rings. The summed E-state index contributed by atoms with van der Waals surface area (Å²) in [7, 11) is 0. The van der Waals surface area contributed by atoms with Crippen LogP contribution in [0, 0.1) is 0 Å². The quantitative estimate of drug-likeness (QED) is 0.815. The van der Waals surface area contributed by atoms with E-state index in [9.17, 15) is 0 Å². The van der Waals surface area contributed by atoms with E-state index < -0.39 is 0 Å². The normalized spacial score (nSPS) is 13.7. The molecule has 0 atom stereocenters. The zero-order valence-corrected chi connectivity index (χ0v) is 12.5. The number of benzene rings is 2. The zero-order valence-electron chi connectivity index (χ0n) is 12.5. The maximum absolute atomic E-state index is 5.85. The van der Waals surface area contributed by atoms with Gasteiger partial charge in [0.25, 0.3) is 0 Å².